The standard InChI is InChI=1S/C13H16FN3/c14-12-4-1-5-13(11(12)9-15)17-8-6-10-3-2-7-16-10/h1,4-5,10,16-17H,2-3,6-8H2/t10-/m1/s1. The van der Waals surface area contributed by atoms with Gasteiger partial charge < -0.3 is 10.6 Å². The molecule has 1 heterocycles. The molecule has 1 aliphatic heterocycles. The van der Waals surface area contributed by atoms with Crippen LogP contribution in [-0.4, -0.2) is 19.1 Å². The Bertz CT molecular complexity index is 419. The van der Waals surface area contributed by atoms with Crippen LogP contribution in [0.15, 0.2) is 18.2 Å². The molecular formula is C13H16FN3. The summed E-state index contributed by atoms with van der Waals surface area (Å²) in [5, 5.41) is 15.4. The van der Waals surface area contributed by atoms with Crippen LogP contribution in [0.4, 0.5) is 10.1 Å². The first-order valence-electron chi connectivity index (χ1n) is 5.97. The van der Waals surface area contributed by atoms with Crippen molar-refractivity contribution in [2.24, 2.45) is 0 Å². The summed E-state index contributed by atoms with van der Waals surface area (Å²) in [7, 11) is 0. The lowest BCUT2D eigenvalue weighted by Gasteiger charge is -2.12. The first-order chi connectivity index (χ1) is 8.31. The summed E-state index contributed by atoms with van der Waals surface area (Å²) in [6.45, 7) is 1.85. The summed E-state index contributed by atoms with van der Waals surface area (Å²) < 4.78 is 13.3. The van der Waals surface area contributed by atoms with Crippen LogP contribution in [0, 0.1) is 17.1 Å². The third-order valence-electron chi connectivity index (χ3n) is 3.10. The van der Waals surface area contributed by atoms with Crippen LogP contribution in [0.1, 0.15) is 24.8 Å². The summed E-state index contributed by atoms with van der Waals surface area (Å²) in [6.07, 6.45) is 3.44. The third-order valence-corrected chi connectivity index (χ3v) is 3.10. The van der Waals surface area contributed by atoms with Crippen LogP contribution in [0.25, 0.3) is 0 Å². The van der Waals surface area contributed by atoms with Gasteiger partial charge in [-0.3, -0.25) is 0 Å². The monoisotopic (exact) mass is 233 g/mol. The van der Waals surface area contributed by atoms with Crippen LogP contribution >= 0.6 is 0 Å². The minimum absolute atomic E-state index is 0.104. The molecule has 0 unspecified atom stereocenters. The smallest absolute Gasteiger partial charge is 0.143 e. The zero-order valence-corrected chi connectivity index (χ0v) is 9.67. The molecule has 1 fully saturated rings. The van der Waals surface area contributed by atoms with E-state index in [2.05, 4.69) is 10.6 Å². The van der Waals surface area contributed by atoms with E-state index in [0.717, 1.165) is 19.5 Å². The molecule has 2 rings (SSSR count). The van der Waals surface area contributed by atoms with Gasteiger partial charge in [-0.15, -0.1) is 0 Å². The van der Waals surface area contributed by atoms with Gasteiger partial charge in [0.05, 0.1) is 5.69 Å². The van der Waals surface area contributed by atoms with Crippen molar-refractivity contribution in [1.29, 1.82) is 5.26 Å². The van der Waals surface area contributed by atoms with E-state index in [1.54, 1.807) is 12.1 Å². The lowest BCUT2D eigenvalue weighted by Crippen LogP contribution is -2.24. The van der Waals surface area contributed by atoms with Gasteiger partial charge in [-0.05, 0) is 37.9 Å². The molecule has 17 heavy (non-hydrogen) atoms. The minimum Gasteiger partial charge on any atom is -0.384 e. The second kappa shape index (κ2) is 5.65. The molecule has 2 N–H and O–H groups in total. The van der Waals surface area contributed by atoms with Gasteiger partial charge in [0.15, 0.2) is 0 Å². The fourth-order valence-electron chi connectivity index (χ4n) is 2.17. The number of nitrogens with one attached hydrogen (secondary N) is 2. The molecule has 1 aliphatic rings. The highest BCUT2D eigenvalue weighted by Crippen LogP contribution is 2.18. The first-order valence-corrected chi connectivity index (χ1v) is 5.97. The molecule has 1 aromatic rings. The average Bonchev–Trinajstić information content (AvgIpc) is 2.82. The number of nitrogens with zero attached hydrogens (tertiary/aromatic N) is 1. The van der Waals surface area contributed by atoms with E-state index in [0.29, 0.717) is 11.7 Å². The Morgan fingerprint density at radius 3 is 3.12 bits per heavy atom. The molecule has 4 heteroatoms. The minimum atomic E-state index is -0.462. The third kappa shape index (κ3) is 2.95. The Morgan fingerprint density at radius 2 is 2.41 bits per heavy atom. The lowest BCUT2D eigenvalue weighted by atomic mass is 10.1. The van der Waals surface area contributed by atoms with Crippen LogP contribution in [-0.2, 0) is 0 Å². The van der Waals surface area contributed by atoms with E-state index < -0.39 is 5.82 Å². The fraction of sp³-hybridized carbons (Fsp3) is 0.462. The molecule has 0 amide bonds. The molecule has 3 nitrogen and oxygen atoms in total. The molecule has 0 aliphatic carbocycles. The largest absolute Gasteiger partial charge is 0.384 e. The Hall–Kier alpha value is -1.60. The normalized spacial score (nSPS) is 18.9. The van der Waals surface area contributed by atoms with Crippen molar-refractivity contribution < 1.29 is 4.39 Å². The Labute approximate surface area is 101 Å². The molecule has 0 aromatic heterocycles. The molecule has 0 bridgehead atoms. The van der Waals surface area contributed by atoms with Crippen molar-refractivity contribution in [3.63, 3.8) is 0 Å². The van der Waals surface area contributed by atoms with Crippen molar-refractivity contribution >= 4 is 5.69 Å². The van der Waals surface area contributed by atoms with Crippen LogP contribution in [0.5, 0.6) is 0 Å². The number of halogens is 1. The van der Waals surface area contributed by atoms with Gasteiger partial charge in [-0.25, -0.2) is 4.39 Å². The molecule has 0 saturated carbocycles. The number of hydrogen-bond acceptors (Lipinski definition) is 3. The maximum Gasteiger partial charge on any atom is 0.143 e. The summed E-state index contributed by atoms with van der Waals surface area (Å²) in [5.74, 6) is -0.462. The average molecular weight is 233 g/mol. The number of benzene rings is 1. The predicted molar refractivity (Wildman–Crippen MR) is 65.2 cm³/mol. The van der Waals surface area contributed by atoms with Gasteiger partial charge in [0.2, 0.25) is 0 Å². The number of rotatable bonds is 4. The highest BCUT2D eigenvalue weighted by atomic mass is 19.1. The summed E-state index contributed by atoms with van der Waals surface area (Å²) in [4.78, 5) is 0. The van der Waals surface area contributed by atoms with Gasteiger partial charge in [-0.1, -0.05) is 6.07 Å². The van der Waals surface area contributed by atoms with E-state index in [4.69, 9.17) is 5.26 Å². The van der Waals surface area contributed by atoms with Crippen molar-refractivity contribution in [1.82, 2.24) is 5.32 Å². The molecule has 1 saturated heterocycles. The van der Waals surface area contributed by atoms with Crippen molar-refractivity contribution in [2.45, 2.75) is 25.3 Å². The van der Waals surface area contributed by atoms with E-state index in [1.807, 2.05) is 6.07 Å². The van der Waals surface area contributed by atoms with Crippen molar-refractivity contribution in [3.8, 4) is 6.07 Å². The van der Waals surface area contributed by atoms with Gasteiger partial charge >= 0.3 is 0 Å². The lowest BCUT2D eigenvalue weighted by molar-refractivity contribution is 0.574. The maximum absolute atomic E-state index is 13.3. The molecule has 1 atom stereocenters. The topological polar surface area (TPSA) is 47.9 Å². The molecular weight excluding hydrogens is 217 g/mol. The van der Waals surface area contributed by atoms with Crippen LogP contribution in [0.3, 0.4) is 0 Å². The maximum atomic E-state index is 13.3. The highest BCUT2D eigenvalue weighted by Gasteiger charge is 2.13. The number of hydrogen-bond donors (Lipinski definition) is 2. The number of anilines is 1. The van der Waals surface area contributed by atoms with Crippen molar-refractivity contribution in [2.75, 3.05) is 18.4 Å². The van der Waals surface area contributed by atoms with Gasteiger partial charge in [0.1, 0.15) is 17.4 Å². The molecule has 90 valence electrons. The highest BCUT2D eigenvalue weighted by molar-refractivity contribution is 5.57. The summed E-state index contributed by atoms with van der Waals surface area (Å²) >= 11 is 0. The van der Waals surface area contributed by atoms with E-state index in [9.17, 15) is 4.39 Å². The molecule has 1 aromatic carbocycles. The second-order valence-electron chi connectivity index (χ2n) is 4.28. The van der Waals surface area contributed by atoms with Crippen LogP contribution in [0.2, 0.25) is 0 Å². The predicted octanol–water partition coefficient (Wildman–Crippen LogP) is 2.25. The molecule has 0 spiro atoms. The zero-order valence-electron chi connectivity index (χ0n) is 9.67. The Morgan fingerprint density at radius 1 is 1.53 bits per heavy atom. The van der Waals surface area contributed by atoms with Crippen LogP contribution < -0.4 is 10.6 Å². The van der Waals surface area contributed by atoms with E-state index in [1.165, 1.54) is 18.9 Å². The SMILES string of the molecule is N#Cc1c(F)cccc1NCC[C@H]1CCCN1. The van der Waals surface area contributed by atoms with Gasteiger partial charge in [-0.2, -0.15) is 5.26 Å². The van der Waals surface area contributed by atoms with Gasteiger partial charge in [0.25, 0.3) is 0 Å². The Balaban J connectivity index is 1.90. The molecule has 0 radical (unpaired) electrons. The van der Waals surface area contributed by atoms with Gasteiger partial charge in [0, 0.05) is 12.6 Å². The summed E-state index contributed by atoms with van der Waals surface area (Å²) in [5.41, 5.74) is 0.692. The van der Waals surface area contributed by atoms with E-state index in [-0.39, 0.29) is 5.56 Å². The Kier molecular flexibility index (Phi) is 3.94. The number of nitriles is 1. The quantitative estimate of drug-likeness (QED) is 0.838. The first kappa shape index (κ1) is 11.9. The van der Waals surface area contributed by atoms with E-state index >= 15 is 0 Å². The fourth-order valence-corrected chi connectivity index (χ4v) is 2.17. The van der Waals surface area contributed by atoms with Crippen molar-refractivity contribution in [3.05, 3.63) is 29.6 Å². The summed E-state index contributed by atoms with van der Waals surface area (Å²) in [6, 6.07) is 7.11. The zero-order chi connectivity index (χ0) is 12.1. The second-order valence-corrected chi connectivity index (χ2v) is 4.28.